The van der Waals surface area contributed by atoms with Crippen molar-refractivity contribution in [1.29, 1.82) is 0 Å². The summed E-state index contributed by atoms with van der Waals surface area (Å²) in [6.45, 7) is 2.11. The molecule has 0 saturated heterocycles. The lowest BCUT2D eigenvalue weighted by molar-refractivity contribution is -0.385. The molecule has 0 saturated carbocycles. The average Bonchev–Trinajstić information content (AvgIpc) is 2.46. The Hall–Kier alpha value is -1.62. The van der Waals surface area contributed by atoms with E-state index in [-0.39, 0.29) is 11.7 Å². The van der Waals surface area contributed by atoms with Crippen LogP contribution in [-0.4, -0.2) is 11.5 Å². The molecule has 0 aliphatic carbocycles. The van der Waals surface area contributed by atoms with Crippen LogP contribution in [0.25, 0.3) is 0 Å². The lowest BCUT2D eigenvalue weighted by atomic mass is 10.0. The predicted molar refractivity (Wildman–Crippen MR) is 50.3 cm³/mol. The van der Waals surface area contributed by atoms with E-state index in [0.717, 1.165) is 5.56 Å². The third-order valence-corrected chi connectivity index (χ3v) is 2.25. The largest absolute Gasteiger partial charge is 0.491 e. The Kier molecular flexibility index (Phi) is 1.89. The highest BCUT2D eigenvalue weighted by atomic mass is 16.6. The highest BCUT2D eigenvalue weighted by molar-refractivity contribution is 5.55. The molecule has 1 aliphatic rings. The predicted octanol–water partition coefficient (Wildman–Crippen LogP) is 1.30. The summed E-state index contributed by atoms with van der Waals surface area (Å²) in [4.78, 5) is 10.3. The van der Waals surface area contributed by atoms with Crippen LogP contribution in [0.1, 0.15) is 17.2 Å². The summed E-state index contributed by atoms with van der Waals surface area (Å²) >= 11 is 0. The highest BCUT2D eigenvalue weighted by Crippen LogP contribution is 2.38. The van der Waals surface area contributed by atoms with E-state index in [9.17, 15) is 10.1 Å². The van der Waals surface area contributed by atoms with Crippen LogP contribution in [0.2, 0.25) is 0 Å². The molecule has 2 rings (SSSR count). The second-order valence-corrected chi connectivity index (χ2v) is 3.37. The number of nitrogens with zero attached hydrogens (tertiary/aromatic N) is 1. The first-order valence-corrected chi connectivity index (χ1v) is 4.27. The lowest BCUT2D eigenvalue weighted by Crippen LogP contribution is -2.12. The number of aryl methyl sites for hydroxylation is 1. The van der Waals surface area contributed by atoms with Crippen molar-refractivity contribution in [3.63, 3.8) is 0 Å². The summed E-state index contributed by atoms with van der Waals surface area (Å²) in [6.07, 6.45) is 0. The fraction of sp³-hybridized carbons (Fsp3) is 0.333. The summed E-state index contributed by atoms with van der Waals surface area (Å²) in [6, 6.07) is 2.91. The zero-order valence-electron chi connectivity index (χ0n) is 7.69. The van der Waals surface area contributed by atoms with Crippen molar-refractivity contribution in [2.45, 2.75) is 13.0 Å². The van der Waals surface area contributed by atoms with E-state index in [1.54, 1.807) is 13.0 Å². The van der Waals surface area contributed by atoms with Gasteiger partial charge in [-0.1, -0.05) is 0 Å². The smallest absolute Gasteiger partial charge is 0.278 e. The molecule has 5 heteroatoms. The topological polar surface area (TPSA) is 78.4 Å². The van der Waals surface area contributed by atoms with Gasteiger partial charge in [0.2, 0.25) is 0 Å². The van der Waals surface area contributed by atoms with E-state index in [1.807, 2.05) is 0 Å². The minimum atomic E-state index is -0.416. The van der Waals surface area contributed by atoms with Gasteiger partial charge < -0.3 is 10.5 Å². The molecule has 0 unspecified atom stereocenters. The maximum absolute atomic E-state index is 10.8. The molecule has 0 amide bonds. The van der Waals surface area contributed by atoms with Gasteiger partial charge in [-0.2, -0.15) is 0 Å². The number of nitro benzene ring substituents is 1. The average molecular weight is 194 g/mol. The van der Waals surface area contributed by atoms with Crippen molar-refractivity contribution >= 4 is 5.69 Å². The number of benzene rings is 1. The van der Waals surface area contributed by atoms with Gasteiger partial charge in [0.15, 0.2) is 0 Å². The van der Waals surface area contributed by atoms with E-state index < -0.39 is 4.92 Å². The van der Waals surface area contributed by atoms with Crippen LogP contribution in [-0.2, 0) is 0 Å². The standard InChI is InChI=1S/C9H10N2O3/c1-5-2-7(11(12)13)9-6(10)4-14-8(9)3-5/h2-3,6H,4,10H2,1H3/t6-/m0/s1. The number of ether oxygens (including phenoxy) is 1. The van der Waals surface area contributed by atoms with Gasteiger partial charge in [-0.25, -0.2) is 0 Å². The molecule has 0 aromatic heterocycles. The minimum absolute atomic E-state index is 0.0602. The fourth-order valence-corrected chi connectivity index (χ4v) is 1.65. The Labute approximate surface area is 80.6 Å². The summed E-state index contributed by atoms with van der Waals surface area (Å²) in [5.41, 5.74) is 7.09. The molecule has 0 fully saturated rings. The van der Waals surface area contributed by atoms with Crippen molar-refractivity contribution < 1.29 is 9.66 Å². The number of hydrogen-bond donors (Lipinski definition) is 1. The zero-order valence-corrected chi connectivity index (χ0v) is 7.69. The Morgan fingerprint density at radius 3 is 3.00 bits per heavy atom. The maximum Gasteiger partial charge on any atom is 0.278 e. The van der Waals surface area contributed by atoms with E-state index in [2.05, 4.69) is 0 Å². The van der Waals surface area contributed by atoms with Gasteiger partial charge >= 0.3 is 0 Å². The summed E-state index contributed by atoms with van der Waals surface area (Å²) < 4.78 is 5.25. The number of nitrogens with two attached hydrogens (primary N) is 1. The van der Waals surface area contributed by atoms with Crippen molar-refractivity contribution in [3.05, 3.63) is 33.4 Å². The van der Waals surface area contributed by atoms with Gasteiger partial charge in [0.1, 0.15) is 12.4 Å². The molecule has 2 N–H and O–H groups in total. The highest BCUT2D eigenvalue weighted by Gasteiger charge is 2.30. The summed E-state index contributed by atoms with van der Waals surface area (Å²) in [5, 5.41) is 10.8. The molecule has 1 aromatic carbocycles. The third-order valence-electron chi connectivity index (χ3n) is 2.25. The van der Waals surface area contributed by atoms with Crippen LogP contribution in [0, 0.1) is 17.0 Å². The van der Waals surface area contributed by atoms with Crippen molar-refractivity contribution in [2.24, 2.45) is 5.73 Å². The number of fused-ring (bicyclic) bond motifs is 1. The molecule has 1 aromatic rings. The van der Waals surface area contributed by atoms with Crippen molar-refractivity contribution in [1.82, 2.24) is 0 Å². The molecule has 0 bridgehead atoms. The summed E-state index contributed by atoms with van der Waals surface area (Å²) in [7, 11) is 0. The quantitative estimate of drug-likeness (QED) is 0.539. The Morgan fingerprint density at radius 1 is 1.64 bits per heavy atom. The normalized spacial score (nSPS) is 18.9. The third kappa shape index (κ3) is 1.22. The van der Waals surface area contributed by atoms with Gasteiger partial charge in [-0.15, -0.1) is 0 Å². The monoisotopic (exact) mass is 194 g/mol. The van der Waals surface area contributed by atoms with E-state index in [1.165, 1.54) is 6.07 Å². The van der Waals surface area contributed by atoms with Crippen LogP contribution in [0.4, 0.5) is 5.69 Å². The van der Waals surface area contributed by atoms with E-state index in [4.69, 9.17) is 10.5 Å². The van der Waals surface area contributed by atoms with Gasteiger partial charge in [0.05, 0.1) is 16.5 Å². The molecular weight excluding hydrogens is 184 g/mol. The first-order chi connectivity index (χ1) is 6.59. The van der Waals surface area contributed by atoms with Gasteiger partial charge in [-0.05, 0) is 18.6 Å². The molecule has 74 valence electrons. The SMILES string of the molecule is Cc1cc2c(c([N+](=O)[O-])c1)[C@@H](N)CO2. The first-order valence-electron chi connectivity index (χ1n) is 4.27. The Balaban J connectivity index is 2.65. The van der Waals surface area contributed by atoms with Crippen LogP contribution >= 0.6 is 0 Å². The maximum atomic E-state index is 10.8. The molecule has 0 radical (unpaired) electrons. The number of nitro groups is 1. The summed E-state index contributed by atoms with van der Waals surface area (Å²) in [5.74, 6) is 0.546. The molecule has 0 spiro atoms. The number of hydrogen-bond acceptors (Lipinski definition) is 4. The molecule has 1 aliphatic heterocycles. The molecule has 1 atom stereocenters. The van der Waals surface area contributed by atoms with Crippen LogP contribution in [0.15, 0.2) is 12.1 Å². The van der Waals surface area contributed by atoms with E-state index in [0.29, 0.717) is 17.9 Å². The first kappa shape index (κ1) is 8.96. The van der Waals surface area contributed by atoms with Gasteiger partial charge in [0.25, 0.3) is 5.69 Å². The second kappa shape index (κ2) is 2.95. The Bertz CT molecular complexity index is 403. The molecule has 1 heterocycles. The second-order valence-electron chi connectivity index (χ2n) is 3.37. The number of rotatable bonds is 1. The van der Waals surface area contributed by atoms with Crippen LogP contribution in [0.5, 0.6) is 5.75 Å². The van der Waals surface area contributed by atoms with Gasteiger partial charge in [-0.3, -0.25) is 10.1 Å². The van der Waals surface area contributed by atoms with Gasteiger partial charge in [0, 0.05) is 6.07 Å². The van der Waals surface area contributed by atoms with Crippen molar-refractivity contribution in [3.8, 4) is 5.75 Å². The van der Waals surface area contributed by atoms with E-state index >= 15 is 0 Å². The zero-order chi connectivity index (χ0) is 10.3. The molecule has 14 heavy (non-hydrogen) atoms. The van der Waals surface area contributed by atoms with Crippen LogP contribution < -0.4 is 10.5 Å². The van der Waals surface area contributed by atoms with Crippen LogP contribution in [0.3, 0.4) is 0 Å². The Morgan fingerprint density at radius 2 is 2.36 bits per heavy atom. The molecular formula is C9H10N2O3. The minimum Gasteiger partial charge on any atom is -0.491 e. The van der Waals surface area contributed by atoms with Crippen molar-refractivity contribution in [2.75, 3.05) is 6.61 Å². The lowest BCUT2D eigenvalue weighted by Gasteiger charge is -2.03. The molecule has 5 nitrogen and oxygen atoms in total. The fourth-order valence-electron chi connectivity index (χ4n) is 1.65.